The highest BCUT2D eigenvalue weighted by atomic mass is 16.5. The summed E-state index contributed by atoms with van der Waals surface area (Å²) < 4.78 is 45.3. The molecule has 13 heteroatoms. The van der Waals surface area contributed by atoms with Gasteiger partial charge in [0.25, 0.3) is 0 Å². The maximum Gasteiger partial charge on any atom is 0.330 e. The van der Waals surface area contributed by atoms with Crippen LogP contribution in [0.5, 0.6) is 23.0 Å². The lowest BCUT2D eigenvalue weighted by molar-refractivity contribution is -0.137. The maximum atomic E-state index is 11.2. The molecule has 7 aromatic carbocycles. The summed E-state index contributed by atoms with van der Waals surface area (Å²) in [5.41, 5.74) is 7.58. The first-order valence-corrected chi connectivity index (χ1v) is 26.4. The first kappa shape index (κ1) is 54.5. The predicted molar refractivity (Wildman–Crippen MR) is 304 cm³/mol. The molecule has 8 rings (SSSR count). The number of rotatable bonds is 32. The molecule has 0 atom stereocenters. The van der Waals surface area contributed by atoms with Crippen molar-refractivity contribution in [2.24, 2.45) is 9.98 Å². The lowest BCUT2D eigenvalue weighted by Gasteiger charge is -2.13. The molecular weight excluding hydrogens is 957 g/mol. The van der Waals surface area contributed by atoms with Crippen molar-refractivity contribution in [3.05, 3.63) is 157 Å². The fourth-order valence-corrected chi connectivity index (χ4v) is 8.54. The number of fused-ring (bicyclic) bond motifs is 7. The van der Waals surface area contributed by atoms with Crippen LogP contribution in [0.15, 0.2) is 150 Å². The molecule has 0 bridgehead atoms. The quantitative estimate of drug-likeness (QED) is 0.00993. The van der Waals surface area contributed by atoms with Gasteiger partial charge in [-0.05, 0) is 164 Å². The van der Waals surface area contributed by atoms with Crippen molar-refractivity contribution in [3.63, 3.8) is 0 Å². The van der Waals surface area contributed by atoms with E-state index in [4.69, 9.17) is 57.8 Å². The van der Waals surface area contributed by atoms with Gasteiger partial charge in [0.2, 0.25) is 0 Å². The summed E-state index contributed by atoms with van der Waals surface area (Å²) in [7, 11) is 1.74. The molecule has 0 aliphatic carbocycles. The highest BCUT2D eigenvalue weighted by Gasteiger charge is 2.15. The Morgan fingerprint density at radius 2 is 1.04 bits per heavy atom. The van der Waals surface area contributed by atoms with Crippen LogP contribution in [0.2, 0.25) is 0 Å². The van der Waals surface area contributed by atoms with Gasteiger partial charge in [-0.2, -0.15) is 0 Å². The van der Waals surface area contributed by atoms with Crippen LogP contribution in [0.25, 0.3) is 43.6 Å². The van der Waals surface area contributed by atoms with Crippen molar-refractivity contribution in [1.29, 1.82) is 0 Å². The molecule has 394 valence electrons. The van der Waals surface area contributed by atoms with Crippen LogP contribution in [-0.2, 0) is 30.3 Å². The zero-order chi connectivity index (χ0) is 52.6. The fraction of sp³-hybridized carbons (Fsp3) is 0.317. The smallest absolute Gasteiger partial charge is 0.330 e. The van der Waals surface area contributed by atoms with Crippen molar-refractivity contribution in [3.8, 4) is 23.0 Å². The number of methoxy groups -OCH3 is 1. The van der Waals surface area contributed by atoms with Gasteiger partial charge < -0.3 is 37.9 Å². The minimum Gasteiger partial charge on any atom is -0.494 e. The molecule has 1 heterocycles. The van der Waals surface area contributed by atoms with Crippen molar-refractivity contribution in [1.82, 2.24) is 9.97 Å². The van der Waals surface area contributed by atoms with Crippen molar-refractivity contribution < 1.29 is 42.7 Å². The number of ether oxygens (including phenoxy) is 8. The largest absolute Gasteiger partial charge is 0.494 e. The Labute approximate surface area is 445 Å². The second kappa shape index (κ2) is 29.4. The topological polar surface area (TPSA) is 141 Å². The van der Waals surface area contributed by atoms with Crippen LogP contribution in [0, 0.1) is 0 Å². The number of hydrogen-bond donors (Lipinski definition) is 0. The average molecular weight is 1030 g/mol. The minimum absolute atomic E-state index is 0.332. The number of esters is 1. The van der Waals surface area contributed by atoms with E-state index >= 15 is 0 Å². The molecule has 0 fully saturated rings. The van der Waals surface area contributed by atoms with Gasteiger partial charge >= 0.3 is 5.97 Å². The summed E-state index contributed by atoms with van der Waals surface area (Å²) in [5, 5.41) is 4.06. The molecule has 13 nitrogen and oxygen atoms in total. The number of nitrogens with zero attached hydrogens (tertiary/aromatic N) is 4. The van der Waals surface area contributed by atoms with Crippen LogP contribution in [0.3, 0.4) is 0 Å². The fourth-order valence-electron chi connectivity index (χ4n) is 8.54. The van der Waals surface area contributed by atoms with Gasteiger partial charge in [-0.1, -0.05) is 49.4 Å². The lowest BCUT2D eigenvalue weighted by atomic mass is 9.96. The SMILES string of the molecule is C=CC(=O)OCCCCCCOc1ccc(N=Cc2ccc3c4ccc(C=Nc5ccc(OCCCCCCOC)cc5)cc4c4nc5cc(COc6cccc(OCCOCCOCC)c6)ccc5nc4c3c2)cc1. The second-order valence-electron chi connectivity index (χ2n) is 18.2. The highest BCUT2D eigenvalue weighted by Crippen LogP contribution is 2.36. The van der Waals surface area contributed by atoms with Crippen LogP contribution in [-0.4, -0.2) is 94.9 Å². The van der Waals surface area contributed by atoms with Crippen LogP contribution in [0.4, 0.5) is 11.4 Å². The molecule has 0 amide bonds. The van der Waals surface area contributed by atoms with E-state index in [1.165, 1.54) is 6.08 Å². The van der Waals surface area contributed by atoms with E-state index < -0.39 is 0 Å². The summed E-state index contributed by atoms with van der Waals surface area (Å²) in [6.45, 7) is 10.9. The summed E-state index contributed by atoms with van der Waals surface area (Å²) in [6.07, 6.45) is 13.0. The Kier molecular flexibility index (Phi) is 21.1. The number of aliphatic imine (C=N–C) groups is 2. The zero-order valence-electron chi connectivity index (χ0n) is 43.8. The molecule has 1 aromatic heterocycles. The zero-order valence-corrected chi connectivity index (χ0v) is 43.8. The molecule has 0 unspecified atom stereocenters. The van der Waals surface area contributed by atoms with Crippen molar-refractivity contribution in [2.75, 3.05) is 66.6 Å². The molecule has 0 spiro atoms. The number of hydrogen-bond acceptors (Lipinski definition) is 13. The third-order valence-corrected chi connectivity index (χ3v) is 12.5. The Morgan fingerprint density at radius 1 is 0.500 bits per heavy atom. The normalized spacial score (nSPS) is 11.6. The van der Waals surface area contributed by atoms with E-state index in [0.29, 0.717) is 71.0 Å². The summed E-state index contributed by atoms with van der Waals surface area (Å²) >= 11 is 0. The third-order valence-electron chi connectivity index (χ3n) is 12.5. The predicted octanol–water partition coefficient (Wildman–Crippen LogP) is 13.9. The first-order valence-electron chi connectivity index (χ1n) is 26.4. The lowest BCUT2D eigenvalue weighted by Crippen LogP contribution is -2.10. The van der Waals surface area contributed by atoms with E-state index in [0.717, 1.165) is 141 Å². The molecule has 0 saturated heterocycles. The van der Waals surface area contributed by atoms with Crippen molar-refractivity contribution >= 4 is 73.4 Å². The Morgan fingerprint density at radius 3 is 1.63 bits per heavy atom. The average Bonchev–Trinajstić information content (AvgIpc) is 3.48. The van der Waals surface area contributed by atoms with Crippen molar-refractivity contribution in [2.45, 2.75) is 64.9 Å². The number of carbonyl (C=O) groups excluding carboxylic acids is 1. The van der Waals surface area contributed by atoms with Gasteiger partial charge in [0.15, 0.2) is 0 Å². The summed E-state index contributed by atoms with van der Waals surface area (Å²) in [5.74, 6) is 2.65. The number of unbranched alkanes of at least 4 members (excludes halogenated alkanes) is 6. The molecule has 0 saturated carbocycles. The van der Waals surface area contributed by atoms with Gasteiger partial charge in [-0.25, -0.2) is 14.8 Å². The Balaban J connectivity index is 0.999. The molecule has 0 N–H and O–H groups in total. The van der Waals surface area contributed by atoms with E-state index in [-0.39, 0.29) is 5.97 Å². The van der Waals surface area contributed by atoms with Gasteiger partial charge in [0.05, 0.1) is 73.1 Å². The Hall–Kier alpha value is -7.71. The standard InChI is InChI=1S/C63H68N4O9/c1-4-61(68)75-34-13-9-8-12-33-73-52-26-22-49(23-27-52)64-43-46-17-28-55-56-29-18-47(44-65-50-20-24-51(25-21-50)72-32-11-7-6-10-31-69-3)40-58(56)63-62(57(55)39-46)66-59-30-19-48(41-60(59)67-63)45-76-54-16-14-15-53(42-54)74-38-37-71-36-35-70-5-2/h4,14-30,39-44H,1,5-13,31-38,45H2,2-3H3. The van der Waals surface area contributed by atoms with E-state index in [9.17, 15) is 4.79 Å². The van der Waals surface area contributed by atoms with Gasteiger partial charge in [-0.3, -0.25) is 9.98 Å². The van der Waals surface area contributed by atoms with Crippen LogP contribution >= 0.6 is 0 Å². The molecule has 76 heavy (non-hydrogen) atoms. The van der Waals surface area contributed by atoms with E-state index in [2.05, 4.69) is 43.0 Å². The molecule has 8 aromatic rings. The van der Waals surface area contributed by atoms with Crippen LogP contribution < -0.4 is 18.9 Å². The molecule has 0 aliphatic rings. The maximum absolute atomic E-state index is 11.2. The number of aromatic nitrogens is 2. The summed E-state index contributed by atoms with van der Waals surface area (Å²) in [4.78, 5) is 31.6. The van der Waals surface area contributed by atoms with E-state index in [1.54, 1.807) is 7.11 Å². The van der Waals surface area contributed by atoms with Gasteiger partial charge in [0, 0.05) is 55.7 Å². The first-order chi connectivity index (χ1) is 37.5. The third kappa shape index (κ3) is 16.4. The summed E-state index contributed by atoms with van der Waals surface area (Å²) in [6, 6.07) is 42.2. The highest BCUT2D eigenvalue weighted by molar-refractivity contribution is 6.25. The number of carbonyl (C=O) groups is 1. The minimum atomic E-state index is -0.381. The number of benzene rings is 7. The molecule has 0 radical (unpaired) electrons. The Bertz CT molecular complexity index is 3200. The second-order valence-corrected chi connectivity index (χ2v) is 18.2. The van der Waals surface area contributed by atoms with Crippen LogP contribution in [0.1, 0.15) is 75.0 Å². The van der Waals surface area contributed by atoms with E-state index in [1.807, 2.05) is 110 Å². The molecule has 0 aliphatic heterocycles. The molecular formula is C63H68N4O9. The van der Waals surface area contributed by atoms with Gasteiger partial charge in [0.1, 0.15) is 36.2 Å². The monoisotopic (exact) mass is 1020 g/mol. The van der Waals surface area contributed by atoms with Gasteiger partial charge in [-0.15, -0.1) is 0 Å².